The second-order valence-electron chi connectivity index (χ2n) is 3.74. The van der Waals surface area contributed by atoms with Crippen LogP contribution in [0.1, 0.15) is 15.9 Å². The van der Waals surface area contributed by atoms with Gasteiger partial charge in [0.15, 0.2) is 0 Å². The van der Waals surface area contributed by atoms with Crippen molar-refractivity contribution in [2.24, 2.45) is 5.73 Å². The van der Waals surface area contributed by atoms with Crippen molar-refractivity contribution in [1.82, 2.24) is 4.90 Å². The lowest BCUT2D eigenvalue weighted by molar-refractivity contribution is -0.385. The molecule has 1 aromatic carbocycles. The highest BCUT2D eigenvalue weighted by atomic mass is 16.6. The summed E-state index contributed by atoms with van der Waals surface area (Å²) in [7, 11) is 1.57. The zero-order valence-corrected chi connectivity index (χ0v) is 9.84. The molecule has 2 N–H and O–H groups in total. The van der Waals surface area contributed by atoms with Gasteiger partial charge in [-0.15, -0.1) is 0 Å². The van der Waals surface area contributed by atoms with Crippen molar-refractivity contribution in [2.75, 3.05) is 20.1 Å². The maximum absolute atomic E-state index is 12.0. The number of para-hydroxylation sites is 1. The molecule has 1 amide bonds. The van der Waals surface area contributed by atoms with Gasteiger partial charge in [0.05, 0.1) is 4.92 Å². The number of hydrogen-bond acceptors (Lipinski definition) is 4. The highest BCUT2D eigenvalue weighted by molar-refractivity contribution is 5.98. The minimum Gasteiger partial charge on any atom is -0.340 e. The van der Waals surface area contributed by atoms with E-state index in [-0.39, 0.29) is 17.2 Å². The topological polar surface area (TPSA) is 89.5 Å². The van der Waals surface area contributed by atoms with Crippen molar-refractivity contribution in [3.05, 3.63) is 39.4 Å². The van der Waals surface area contributed by atoms with Crippen LogP contribution in [-0.4, -0.2) is 35.9 Å². The standard InChI is InChI=1S/C11H15N3O3/c1-8-4-3-5-9(10(8)14(16)17)11(15)13(2)7-6-12/h3-5H,6-7,12H2,1-2H3. The lowest BCUT2D eigenvalue weighted by Crippen LogP contribution is -2.32. The van der Waals surface area contributed by atoms with Crippen molar-refractivity contribution in [2.45, 2.75) is 6.92 Å². The summed E-state index contributed by atoms with van der Waals surface area (Å²) in [5, 5.41) is 10.9. The van der Waals surface area contributed by atoms with E-state index in [1.54, 1.807) is 26.1 Å². The fourth-order valence-corrected chi connectivity index (χ4v) is 1.57. The van der Waals surface area contributed by atoms with Gasteiger partial charge in [-0.05, 0) is 13.0 Å². The smallest absolute Gasteiger partial charge is 0.285 e. The maximum atomic E-state index is 12.0. The SMILES string of the molecule is Cc1cccc(C(=O)N(C)CCN)c1[N+](=O)[O-]. The van der Waals surface area contributed by atoms with E-state index in [1.807, 2.05) is 0 Å². The predicted molar refractivity (Wildman–Crippen MR) is 63.8 cm³/mol. The molecule has 0 heterocycles. The molecule has 0 aliphatic rings. The second-order valence-corrected chi connectivity index (χ2v) is 3.74. The highest BCUT2D eigenvalue weighted by Crippen LogP contribution is 2.23. The van der Waals surface area contributed by atoms with Crippen LogP contribution in [0.25, 0.3) is 0 Å². The third-order valence-electron chi connectivity index (χ3n) is 2.46. The van der Waals surface area contributed by atoms with Gasteiger partial charge in [0.2, 0.25) is 0 Å². The van der Waals surface area contributed by atoms with Gasteiger partial charge < -0.3 is 10.6 Å². The van der Waals surface area contributed by atoms with E-state index in [0.717, 1.165) is 0 Å². The summed E-state index contributed by atoms with van der Waals surface area (Å²) in [6.07, 6.45) is 0. The summed E-state index contributed by atoms with van der Waals surface area (Å²) in [5.74, 6) is -0.383. The zero-order valence-electron chi connectivity index (χ0n) is 9.84. The number of amides is 1. The first-order valence-corrected chi connectivity index (χ1v) is 5.18. The van der Waals surface area contributed by atoms with Crippen LogP contribution in [0, 0.1) is 17.0 Å². The Balaban J connectivity index is 3.18. The van der Waals surface area contributed by atoms with Crippen LogP contribution in [0.5, 0.6) is 0 Å². The number of nitrogens with two attached hydrogens (primary N) is 1. The first-order valence-electron chi connectivity index (χ1n) is 5.18. The van der Waals surface area contributed by atoms with Crippen LogP contribution in [0.2, 0.25) is 0 Å². The molecule has 6 heteroatoms. The molecule has 0 unspecified atom stereocenters. The number of rotatable bonds is 4. The van der Waals surface area contributed by atoms with Crippen LogP contribution in [0.3, 0.4) is 0 Å². The van der Waals surface area contributed by atoms with Crippen molar-refractivity contribution < 1.29 is 9.72 Å². The average Bonchev–Trinajstić information content (AvgIpc) is 2.27. The summed E-state index contributed by atoms with van der Waals surface area (Å²) < 4.78 is 0. The van der Waals surface area contributed by atoms with Crippen molar-refractivity contribution in [1.29, 1.82) is 0 Å². The Labute approximate surface area is 99.2 Å². The monoisotopic (exact) mass is 237 g/mol. The molecule has 92 valence electrons. The lowest BCUT2D eigenvalue weighted by atomic mass is 10.1. The summed E-state index contributed by atoms with van der Waals surface area (Å²) in [6.45, 7) is 2.30. The molecule has 0 spiro atoms. The number of carbonyl (C=O) groups is 1. The van der Waals surface area contributed by atoms with Crippen LogP contribution in [0.15, 0.2) is 18.2 Å². The van der Waals surface area contributed by atoms with E-state index in [9.17, 15) is 14.9 Å². The van der Waals surface area contributed by atoms with Crippen LogP contribution >= 0.6 is 0 Å². The average molecular weight is 237 g/mol. The minimum atomic E-state index is -0.529. The molecule has 0 radical (unpaired) electrons. The Morgan fingerprint density at radius 2 is 2.18 bits per heavy atom. The van der Waals surface area contributed by atoms with Gasteiger partial charge in [-0.3, -0.25) is 14.9 Å². The fourth-order valence-electron chi connectivity index (χ4n) is 1.57. The molecule has 1 aromatic rings. The van der Waals surface area contributed by atoms with E-state index in [0.29, 0.717) is 18.7 Å². The third kappa shape index (κ3) is 2.79. The number of aryl methyl sites for hydroxylation is 1. The largest absolute Gasteiger partial charge is 0.340 e. The Bertz CT molecular complexity index is 446. The Morgan fingerprint density at radius 1 is 1.53 bits per heavy atom. The molecular weight excluding hydrogens is 222 g/mol. The Hall–Kier alpha value is -1.95. The Morgan fingerprint density at radius 3 is 2.71 bits per heavy atom. The molecule has 6 nitrogen and oxygen atoms in total. The number of carbonyl (C=O) groups excluding carboxylic acids is 1. The summed E-state index contributed by atoms with van der Waals surface area (Å²) in [4.78, 5) is 23.8. The molecule has 0 atom stereocenters. The molecule has 0 fully saturated rings. The van der Waals surface area contributed by atoms with Crippen molar-refractivity contribution >= 4 is 11.6 Å². The molecule has 0 saturated heterocycles. The summed E-state index contributed by atoms with van der Waals surface area (Å²) in [5.41, 5.74) is 5.78. The van der Waals surface area contributed by atoms with E-state index < -0.39 is 4.92 Å². The van der Waals surface area contributed by atoms with Gasteiger partial charge in [-0.1, -0.05) is 12.1 Å². The van der Waals surface area contributed by atoms with Gasteiger partial charge in [0.25, 0.3) is 11.6 Å². The number of nitro benzene ring substituents is 1. The highest BCUT2D eigenvalue weighted by Gasteiger charge is 2.24. The fraction of sp³-hybridized carbons (Fsp3) is 0.364. The van der Waals surface area contributed by atoms with E-state index in [2.05, 4.69) is 0 Å². The van der Waals surface area contributed by atoms with Gasteiger partial charge in [0.1, 0.15) is 5.56 Å². The number of hydrogen-bond donors (Lipinski definition) is 1. The molecule has 1 rings (SSSR count). The van der Waals surface area contributed by atoms with Crippen LogP contribution in [0.4, 0.5) is 5.69 Å². The molecule has 17 heavy (non-hydrogen) atoms. The minimum absolute atomic E-state index is 0.103. The molecular formula is C11H15N3O3. The second kappa shape index (κ2) is 5.40. The third-order valence-corrected chi connectivity index (χ3v) is 2.46. The molecule has 0 aliphatic carbocycles. The van der Waals surface area contributed by atoms with E-state index in [1.165, 1.54) is 11.0 Å². The van der Waals surface area contributed by atoms with E-state index in [4.69, 9.17) is 5.73 Å². The van der Waals surface area contributed by atoms with Crippen molar-refractivity contribution in [3.63, 3.8) is 0 Å². The zero-order chi connectivity index (χ0) is 13.0. The van der Waals surface area contributed by atoms with Crippen LogP contribution < -0.4 is 5.73 Å². The normalized spacial score (nSPS) is 10.1. The van der Waals surface area contributed by atoms with Crippen LogP contribution in [-0.2, 0) is 0 Å². The summed E-state index contributed by atoms with van der Waals surface area (Å²) in [6, 6.07) is 4.70. The number of nitrogens with zero attached hydrogens (tertiary/aromatic N) is 2. The Kier molecular flexibility index (Phi) is 4.17. The number of likely N-dealkylation sites (N-methyl/N-ethyl adjacent to an activating group) is 1. The first kappa shape index (κ1) is 13.1. The molecule has 0 saturated carbocycles. The van der Waals surface area contributed by atoms with Gasteiger partial charge in [-0.2, -0.15) is 0 Å². The molecule has 0 aromatic heterocycles. The van der Waals surface area contributed by atoms with Crippen molar-refractivity contribution in [3.8, 4) is 0 Å². The molecule has 0 aliphatic heterocycles. The van der Waals surface area contributed by atoms with Gasteiger partial charge in [0, 0.05) is 25.7 Å². The number of nitro groups is 1. The van der Waals surface area contributed by atoms with E-state index >= 15 is 0 Å². The van der Waals surface area contributed by atoms with Gasteiger partial charge >= 0.3 is 0 Å². The first-order chi connectivity index (χ1) is 7.99. The lowest BCUT2D eigenvalue weighted by Gasteiger charge is -2.16. The predicted octanol–water partition coefficient (Wildman–Crippen LogP) is 0.934. The summed E-state index contributed by atoms with van der Waals surface area (Å²) >= 11 is 0. The number of benzene rings is 1. The van der Waals surface area contributed by atoms with Gasteiger partial charge in [-0.25, -0.2) is 0 Å². The molecule has 0 bridgehead atoms. The quantitative estimate of drug-likeness (QED) is 0.623. The maximum Gasteiger partial charge on any atom is 0.285 e.